The molecule has 4 amide bonds. The molecule has 0 radical (unpaired) electrons. The van der Waals surface area contributed by atoms with Crippen molar-refractivity contribution in [2.75, 3.05) is 13.1 Å². The van der Waals surface area contributed by atoms with Crippen LogP contribution in [0.2, 0.25) is 0 Å². The summed E-state index contributed by atoms with van der Waals surface area (Å²) in [5.74, 6) is -0.668. The average Bonchev–Trinajstić information content (AvgIpc) is 1.68. The van der Waals surface area contributed by atoms with E-state index in [9.17, 15) is 28.8 Å². The Morgan fingerprint density at radius 2 is 0.695 bits per heavy atom. The van der Waals surface area contributed by atoms with Gasteiger partial charge >= 0.3 is 0 Å². The number of unbranched alkanes of at least 4 members (excludes halogenated alkanes) is 42. The predicted molar refractivity (Wildman–Crippen MR) is 405 cm³/mol. The zero-order valence-electron chi connectivity index (χ0n) is 60.1. The fourth-order valence-corrected chi connectivity index (χ4v) is 15.5. The van der Waals surface area contributed by atoms with Crippen LogP contribution in [0.4, 0.5) is 0 Å². The number of hydrogen-bond donors (Lipinski definition) is 4. The first-order valence-electron chi connectivity index (χ1n) is 39.8. The highest BCUT2D eigenvalue weighted by Gasteiger charge is 2.30. The van der Waals surface area contributed by atoms with Crippen LogP contribution in [0.15, 0.2) is 58.1 Å². The van der Waals surface area contributed by atoms with Gasteiger partial charge in [-0.3, -0.25) is 33.3 Å². The summed E-state index contributed by atoms with van der Waals surface area (Å²) in [4.78, 5) is 81.4. The van der Waals surface area contributed by atoms with Crippen molar-refractivity contribution in [1.82, 2.24) is 15.2 Å². The maximum atomic E-state index is 14.8. The number of nitrogens with two attached hydrogens (primary N) is 2. The number of rotatable bonds is 60. The van der Waals surface area contributed by atoms with E-state index in [0.29, 0.717) is 36.0 Å². The lowest BCUT2D eigenvalue weighted by molar-refractivity contribution is -0.122. The molecule has 528 valence electrons. The molecular weight excluding hydrogens is 1170 g/mol. The van der Waals surface area contributed by atoms with Crippen molar-refractivity contribution in [3.05, 3.63) is 80.4 Å². The third-order valence-electron chi connectivity index (χ3n) is 21.1. The molecule has 0 bridgehead atoms. The summed E-state index contributed by atoms with van der Waals surface area (Å²) in [7, 11) is 0. The monoisotopic (exact) mass is 1310 g/mol. The molecule has 95 heavy (non-hydrogen) atoms. The number of carbonyl (C=O) groups is 4. The highest BCUT2D eigenvalue weighted by atomic mass is 16.2. The van der Waals surface area contributed by atoms with E-state index < -0.39 is 22.9 Å². The second-order valence-electron chi connectivity index (χ2n) is 29.0. The van der Waals surface area contributed by atoms with Crippen molar-refractivity contribution < 1.29 is 19.2 Å². The molecule has 0 saturated carbocycles. The Hall–Kier alpha value is -5.58. The third-order valence-corrected chi connectivity index (χ3v) is 21.1. The molecule has 0 aliphatic heterocycles. The molecule has 0 fully saturated rings. The van der Waals surface area contributed by atoms with E-state index in [1.807, 2.05) is 42.5 Å². The van der Waals surface area contributed by atoms with E-state index in [2.05, 4.69) is 24.5 Å². The SMILES string of the molecule is CCCCCCCCCCCCCCCCCCNC(=O)CCCCCCCCCCCC(CCCCCC(=O)NCCCCCCCCCCCCCCCCCC)CCCCCn1c(=O)c2c(C(N)=O)c3c(C(N)=O)ccc4c5cccc6cccc(c65)c(c2c1=O)c34. The summed E-state index contributed by atoms with van der Waals surface area (Å²) in [6.07, 6.45) is 64.0. The van der Waals surface area contributed by atoms with Crippen LogP contribution in [0.5, 0.6) is 0 Å². The smallest absolute Gasteiger partial charge is 0.262 e. The molecular formula is C84H131N5O6. The van der Waals surface area contributed by atoms with Crippen LogP contribution in [0.3, 0.4) is 0 Å². The van der Waals surface area contributed by atoms with Gasteiger partial charge in [-0.15, -0.1) is 0 Å². The van der Waals surface area contributed by atoms with E-state index >= 15 is 0 Å². The van der Waals surface area contributed by atoms with Crippen molar-refractivity contribution in [2.45, 2.75) is 354 Å². The van der Waals surface area contributed by atoms with Crippen molar-refractivity contribution in [1.29, 1.82) is 0 Å². The van der Waals surface area contributed by atoms with Gasteiger partial charge in [-0.05, 0) is 76.4 Å². The molecule has 6 rings (SSSR count). The van der Waals surface area contributed by atoms with Crippen LogP contribution in [-0.4, -0.2) is 41.3 Å². The molecule has 0 spiro atoms. The zero-order valence-corrected chi connectivity index (χ0v) is 60.1. The summed E-state index contributed by atoms with van der Waals surface area (Å²) in [5.41, 5.74) is 11.0. The number of benzene rings is 5. The van der Waals surface area contributed by atoms with Crippen LogP contribution >= 0.6 is 0 Å². The minimum Gasteiger partial charge on any atom is -0.366 e. The Labute approximate surface area is 574 Å². The van der Waals surface area contributed by atoms with Gasteiger partial charge in [0.05, 0.1) is 16.3 Å². The molecule has 6 N–H and O–H groups in total. The van der Waals surface area contributed by atoms with Gasteiger partial charge in [-0.1, -0.05) is 345 Å². The first-order valence-corrected chi connectivity index (χ1v) is 39.8. The van der Waals surface area contributed by atoms with Gasteiger partial charge in [0.1, 0.15) is 0 Å². The number of hydrogen-bond acceptors (Lipinski definition) is 6. The van der Waals surface area contributed by atoms with Crippen molar-refractivity contribution in [3.63, 3.8) is 0 Å². The molecule has 11 nitrogen and oxygen atoms in total. The summed E-state index contributed by atoms with van der Waals surface area (Å²) in [6.45, 7) is 6.38. The van der Waals surface area contributed by atoms with Gasteiger partial charge in [-0.25, -0.2) is 0 Å². The Balaban J connectivity index is 0.889. The summed E-state index contributed by atoms with van der Waals surface area (Å²) < 4.78 is 1.29. The molecule has 0 aliphatic rings. The number of amides is 4. The molecule has 11 heteroatoms. The quantitative estimate of drug-likeness (QED) is 0.0167. The van der Waals surface area contributed by atoms with Crippen LogP contribution in [0.1, 0.15) is 368 Å². The first-order chi connectivity index (χ1) is 46.6. The third kappa shape index (κ3) is 27.3. The van der Waals surface area contributed by atoms with E-state index in [1.165, 1.54) is 249 Å². The number of nitrogens with one attached hydrogen (secondary N) is 2. The average molecular weight is 1310 g/mol. The van der Waals surface area contributed by atoms with Crippen molar-refractivity contribution in [3.8, 4) is 0 Å². The van der Waals surface area contributed by atoms with E-state index in [0.717, 1.165) is 111 Å². The summed E-state index contributed by atoms with van der Waals surface area (Å²) in [5, 5.41) is 12.1. The maximum absolute atomic E-state index is 14.8. The second-order valence-corrected chi connectivity index (χ2v) is 29.0. The highest BCUT2D eigenvalue weighted by molar-refractivity contribution is 6.42. The molecule has 0 saturated heterocycles. The largest absolute Gasteiger partial charge is 0.366 e. The lowest BCUT2D eigenvalue weighted by Gasteiger charge is -2.18. The lowest BCUT2D eigenvalue weighted by atomic mass is 9.84. The van der Waals surface area contributed by atoms with E-state index in [1.54, 1.807) is 6.07 Å². The standard InChI is InChI=1S/C84H131N5O6/c1-3-5-7-9-11-13-15-17-19-21-23-25-30-34-38-47-63-87-72(90)59-45-37-33-29-27-28-32-36-42-52-66(53-43-40-46-60-73(91)88-64-48-39-35-31-26-24-22-20-18-16-14-12-10-8-6-4-2)54-44-41-49-65-89-83(94)79-76-70-58-51-56-67-55-50-57-68(74(67)70)69-61-62-71(81(85)92)77(75(69)76)78(82(86)93)80(79)84(89)95/h50-51,55-58,61-62,66H,3-49,52-54,59-60,63-65H2,1-2H3,(H2,85,92)(H2,86,93)(H,87,90)(H,88,91). The van der Waals surface area contributed by atoms with Crippen molar-refractivity contribution in [2.24, 2.45) is 17.4 Å². The molecule has 1 atom stereocenters. The zero-order chi connectivity index (χ0) is 67.5. The Kier molecular flexibility index (Phi) is 39.1. The Bertz CT molecular complexity index is 3230. The fraction of sp³-hybridized carbons (Fsp3) is 0.690. The molecule has 1 heterocycles. The molecule has 6 aromatic rings. The van der Waals surface area contributed by atoms with Crippen LogP contribution in [-0.2, 0) is 16.1 Å². The predicted octanol–water partition coefficient (Wildman–Crippen LogP) is 22.2. The normalized spacial score (nSPS) is 12.2. The fourth-order valence-electron chi connectivity index (χ4n) is 15.5. The second kappa shape index (κ2) is 47.4. The van der Waals surface area contributed by atoms with Gasteiger partial charge in [-0.2, -0.15) is 0 Å². The lowest BCUT2D eigenvalue weighted by Crippen LogP contribution is -2.26. The minimum absolute atomic E-state index is 0.0410. The van der Waals surface area contributed by atoms with Gasteiger partial charge in [0, 0.05) is 48.8 Å². The van der Waals surface area contributed by atoms with Crippen LogP contribution < -0.4 is 33.2 Å². The number of aromatic nitrogens is 1. The molecule has 5 aromatic carbocycles. The number of fused-ring (bicyclic) bond motifs is 4. The number of primary amides is 2. The van der Waals surface area contributed by atoms with Gasteiger partial charge in [0.25, 0.3) is 11.1 Å². The minimum atomic E-state index is -0.887. The molecule has 0 aliphatic carbocycles. The summed E-state index contributed by atoms with van der Waals surface area (Å²) in [6, 6.07) is 15.3. The van der Waals surface area contributed by atoms with Crippen molar-refractivity contribution >= 4 is 77.5 Å². The van der Waals surface area contributed by atoms with E-state index in [-0.39, 0.29) is 45.6 Å². The summed E-state index contributed by atoms with van der Waals surface area (Å²) >= 11 is 0. The van der Waals surface area contributed by atoms with Gasteiger partial charge in [0.15, 0.2) is 0 Å². The van der Waals surface area contributed by atoms with Crippen LogP contribution in [0, 0.1) is 5.92 Å². The number of nitrogens with zero attached hydrogens (tertiary/aromatic N) is 1. The number of carbonyl (C=O) groups excluding carboxylic acids is 4. The van der Waals surface area contributed by atoms with Crippen LogP contribution in [0.25, 0.3) is 53.9 Å². The first kappa shape index (κ1) is 78.4. The highest BCUT2D eigenvalue weighted by Crippen LogP contribution is 2.45. The Morgan fingerprint density at radius 1 is 0.347 bits per heavy atom. The molecule has 1 aromatic heterocycles. The maximum Gasteiger partial charge on any atom is 0.262 e. The Morgan fingerprint density at radius 3 is 1.12 bits per heavy atom. The van der Waals surface area contributed by atoms with Gasteiger partial charge < -0.3 is 22.1 Å². The van der Waals surface area contributed by atoms with E-state index in [4.69, 9.17) is 11.5 Å². The van der Waals surface area contributed by atoms with Gasteiger partial charge in [0.2, 0.25) is 23.6 Å². The topological polar surface area (TPSA) is 183 Å². The molecule has 1 unspecified atom stereocenters.